The molecule has 2 N–H and O–H groups in total. The molecule has 5 atom stereocenters. The van der Waals surface area contributed by atoms with Gasteiger partial charge in [0.15, 0.2) is 0 Å². The van der Waals surface area contributed by atoms with Gasteiger partial charge in [0, 0.05) is 47.9 Å². The number of hydrogen-bond donors (Lipinski definition) is 2. The SMILES string of the molecule is C/C=C(CC)/C(=C/C[C@H]1C=CNCC1)N1C(c2ccc(-c3cccc(C4=C(NC5=CC(c6ccc7c(c6)C6C=CC=CC6N7C6=CC=CCC6)=CCC5)C=CCC4)c3)cc2C#N)N1C. The predicted octanol–water partition coefficient (Wildman–Crippen LogP) is 13.2. The van der Waals surface area contributed by atoms with Gasteiger partial charge in [-0.3, -0.25) is 5.01 Å². The average Bonchev–Trinajstić information content (AvgIpc) is 3.90. The number of fused-ring (bicyclic) bond motifs is 3. The van der Waals surface area contributed by atoms with Gasteiger partial charge in [0.05, 0.1) is 23.4 Å². The van der Waals surface area contributed by atoms with Gasteiger partial charge in [-0.1, -0.05) is 110 Å². The third-order valence-electron chi connectivity index (χ3n) is 14.2. The predicted molar refractivity (Wildman–Crippen MR) is 265 cm³/mol. The second-order valence-corrected chi connectivity index (χ2v) is 18.0. The first kappa shape index (κ1) is 41.5. The second-order valence-electron chi connectivity index (χ2n) is 18.0. The standard InChI is InChI=1S/C58H60N6/c1-4-41(5-2)55(29-25-40-31-33-60-34-32-40)64-58(62(64)3)51-28-26-44(36-47(51)39-59)42-15-13-17-46(35-42)50-21-9-11-23-54(50)61-48-18-14-16-43(37-48)45-27-30-57-53(38-45)52-22-10-12-24-56(52)63(57)49-19-7-6-8-20-49/h4,6-7,10-13,15-17,19,22-24,26-31,33,35-38,40,52,56,58,60-61H,5,8-9,14,18,20-21,25,32,34H2,1-3H3/b41-4+,55-29-/t40-,52?,56?,58?,62?,64?/m0/s1. The second kappa shape index (κ2) is 18.3. The monoisotopic (exact) mass is 840 g/mol. The molecule has 6 heteroatoms. The molecule has 0 bridgehead atoms. The van der Waals surface area contributed by atoms with E-state index in [0.717, 1.165) is 86.6 Å². The maximum absolute atomic E-state index is 10.6. The van der Waals surface area contributed by atoms with Crippen LogP contribution >= 0.6 is 0 Å². The molecule has 3 aromatic carbocycles. The lowest BCUT2D eigenvalue weighted by Crippen LogP contribution is -2.32. The summed E-state index contributed by atoms with van der Waals surface area (Å²) in [5.74, 6) is 0.894. The zero-order valence-corrected chi connectivity index (χ0v) is 37.6. The van der Waals surface area contributed by atoms with E-state index in [9.17, 15) is 5.26 Å². The van der Waals surface area contributed by atoms with Gasteiger partial charge in [0.25, 0.3) is 0 Å². The molecule has 7 aliphatic rings. The normalized spacial score (nSPS) is 24.7. The summed E-state index contributed by atoms with van der Waals surface area (Å²) in [7, 11) is 2.14. The molecule has 1 saturated heterocycles. The third-order valence-corrected chi connectivity index (χ3v) is 14.2. The van der Waals surface area contributed by atoms with Crippen LogP contribution in [0.5, 0.6) is 0 Å². The smallest absolute Gasteiger partial charge is 0.141 e. The summed E-state index contributed by atoms with van der Waals surface area (Å²) < 4.78 is 0. The van der Waals surface area contributed by atoms with Crippen LogP contribution < -0.4 is 15.5 Å². The van der Waals surface area contributed by atoms with Crippen LogP contribution in [0.2, 0.25) is 0 Å². The van der Waals surface area contributed by atoms with E-state index in [1.165, 1.54) is 61.9 Å². The van der Waals surface area contributed by atoms with Gasteiger partial charge in [-0.15, -0.1) is 0 Å². The highest BCUT2D eigenvalue weighted by Gasteiger charge is 2.46. The molecule has 3 aromatic rings. The van der Waals surface area contributed by atoms with Crippen molar-refractivity contribution in [2.45, 2.75) is 89.8 Å². The Hall–Kier alpha value is -6.55. The molecule has 0 aromatic heterocycles. The fourth-order valence-electron chi connectivity index (χ4n) is 10.8. The number of nitrogens with zero attached hydrogens (tertiary/aromatic N) is 4. The molecule has 3 aliphatic heterocycles. The summed E-state index contributed by atoms with van der Waals surface area (Å²) >= 11 is 0. The summed E-state index contributed by atoms with van der Waals surface area (Å²) in [6, 6.07) is 25.4. The van der Waals surface area contributed by atoms with Gasteiger partial charge < -0.3 is 15.5 Å². The van der Waals surface area contributed by atoms with E-state index in [4.69, 9.17) is 0 Å². The molecule has 6 nitrogen and oxygen atoms in total. The lowest BCUT2D eigenvalue weighted by molar-refractivity contribution is 0.419. The largest absolute Gasteiger partial charge is 0.391 e. The summed E-state index contributed by atoms with van der Waals surface area (Å²) in [5, 5.41) is 22.5. The van der Waals surface area contributed by atoms with E-state index in [0.29, 0.717) is 17.9 Å². The fraction of sp³-hybridized carbons (Fsp3) is 0.293. The Morgan fingerprint density at radius 1 is 0.891 bits per heavy atom. The van der Waals surface area contributed by atoms with Gasteiger partial charge in [-0.2, -0.15) is 10.3 Å². The van der Waals surface area contributed by atoms with Gasteiger partial charge in [0.1, 0.15) is 6.17 Å². The molecule has 64 heavy (non-hydrogen) atoms. The number of benzene rings is 3. The quantitative estimate of drug-likeness (QED) is 0.140. The summed E-state index contributed by atoms with van der Waals surface area (Å²) in [6.45, 7) is 5.39. The van der Waals surface area contributed by atoms with Crippen LogP contribution in [-0.2, 0) is 0 Å². The lowest BCUT2D eigenvalue weighted by atomic mass is 9.88. The van der Waals surface area contributed by atoms with E-state index in [1.807, 2.05) is 0 Å². The minimum Gasteiger partial charge on any atom is -0.391 e. The van der Waals surface area contributed by atoms with Crippen molar-refractivity contribution in [3.05, 3.63) is 208 Å². The minimum atomic E-state index is 0.0254. The van der Waals surface area contributed by atoms with Gasteiger partial charge in [-0.25, -0.2) is 0 Å². The molecule has 0 saturated carbocycles. The topological polar surface area (TPSA) is 57.1 Å². The fourth-order valence-corrected chi connectivity index (χ4v) is 10.8. The maximum Gasteiger partial charge on any atom is 0.141 e. The lowest BCUT2D eigenvalue weighted by Gasteiger charge is -2.31. The van der Waals surface area contributed by atoms with E-state index in [2.05, 4.69) is 204 Å². The molecule has 0 radical (unpaired) electrons. The van der Waals surface area contributed by atoms with Crippen LogP contribution in [0.1, 0.15) is 112 Å². The maximum atomic E-state index is 10.6. The minimum absolute atomic E-state index is 0.0254. The van der Waals surface area contributed by atoms with Crippen LogP contribution in [0.25, 0.3) is 22.3 Å². The highest BCUT2D eigenvalue weighted by Crippen LogP contribution is 2.49. The van der Waals surface area contributed by atoms with E-state index >= 15 is 0 Å². The summed E-state index contributed by atoms with van der Waals surface area (Å²) in [4.78, 5) is 2.58. The number of nitrogens with one attached hydrogen (secondary N) is 2. The van der Waals surface area contributed by atoms with Gasteiger partial charge >= 0.3 is 0 Å². The Morgan fingerprint density at radius 2 is 1.75 bits per heavy atom. The molecule has 4 unspecified atom stereocenters. The van der Waals surface area contributed by atoms with Crippen molar-refractivity contribution >= 4 is 16.8 Å². The highest BCUT2D eigenvalue weighted by atomic mass is 15.9. The van der Waals surface area contributed by atoms with E-state index in [1.54, 1.807) is 0 Å². The Morgan fingerprint density at radius 3 is 2.58 bits per heavy atom. The molecule has 0 amide bonds. The van der Waals surface area contributed by atoms with Crippen LogP contribution in [0, 0.1) is 17.2 Å². The molecular weight excluding hydrogens is 781 g/mol. The first-order valence-corrected chi connectivity index (χ1v) is 23.7. The van der Waals surface area contributed by atoms with Crippen molar-refractivity contribution in [1.82, 2.24) is 20.7 Å². The Balaban J connectivity index is 0.887. The van der Waals surface area contributed by atoms with Gasteiger partial charge in [0.2, 0.25) is 0 Å². The number of hydrazine groups is 1. The van der Waals surface area contributed by atoms with Crippen LogP contribution in [0.3, 0.4) is 0 Å². The molecule has 10 rings (SSSR count). The van der Waals surface area contributed by atoms with Crippen LogP contribution in [0.15, 0.2) is 180 Å². The molecule has 322 valence electrons. The molecule has 3 heterocycles. The van der Waals surface area contributed by atoms with Crippen molar-refractivity contribution in [3.63, 3.8) is 0 Å². The summed E-state index contributed by atoms with van der Waals surface area (Å²) in [5.41, 5.74) is 18.3. The highest BCUT2D eigenvalue weighted by molar-refractivity contribution is 5.81. The third kappa shape index (κ3) is 8.10. The van der Waals surface area contributed by atoms with Crippen molar-refractivity contribution in [2.24, 2.45) is 5.92 Å². The molecule has 1 fully saturated rings. The van der Waals surface area contributed by atoms with E-state index in [-0.39, 0.29) is 6.17 Å². The number of rotatable bonds is 12. The zero-order valence-electron chi connectivity index (χ0n) is 37.6. The van der Waals surface area contributed by atoms with Crippen molar-refractivity contribution in [1.29, 1.82) is 5.26 Å². The Bertz CT molecular complexity index is 2720. The number of nitriles is 1. The van der Waals surface area contributed by atoms with Crippen molar-refractivity contribution < 1.29 is 0 Å². The molecular formula is C58H60N6. The van der Waals surface area contributed by atoms with Crippen molar-refractivity contribution in [2.75, 3.05) is 18.5 Å². The van der Waals surface area contributed by atoms with Crippen molar-refractivity contribution in [3.8, 4) is 17.2 Å². The van der Waals surface area contributed by atoms with Gasteiger partial charge in [-0.05, 0) is 164 Å². The Kier molecular flexibility index (Phi) is 11.8. The summed E-state index contributed by atoms with van der Waals surface area (Å²) in [6.07, 6.45) is 43.7. The molecule has 0 spiro atoms. The van der Waals surface area contributed by atoms with E-state index < -0.39 is 0 Å². The number of anilines is 1. The number of hydrogen-bond acceptors (Lipinski definition) is 6. The first-order valence-electron chi connectivity index (χ1n) is 23.7. The first-order chi connectivity index (χ1) is 31.5. The number of allylic oxidation sites excluding steroid dienone is 17. The average molecular weight is 841 g/mol. The van der Waals surface area contributed by atoms with Crippen LogP contribution in [0.4, 0.5) is 5.69 Å². The van der Waals surface area contributed by atoms with Crippen LogP contribution in [-0.4, -0.2) is 29.7 Å². The zero-order chi connectivity index (χ0) is 43.6. The molecule has 4 aliphatic carbocycles. The Labute approximate surface area is 380 Å².